The number of fused-ring (bicyclic) bond motifs is 1. The van der Waals surface area contributed by atoms with Crippen molar-refractivity contribution in [2.45, 2.75) is 6.04 Å². The van der Waals surface area contributed by atoms with Gasteiger partial charge >= 0.3 is 0 Å². The molecule has 0 saturated carbocycles. The minimum absolute atomic E-state index is 0.143. The Morgan fingerprint density at radius 2 is 1.22 bits per heavy atom. The number of methoxy groups -OCH3 is 4. The summed E-state index contributed by atoms with van der Waals surface area (Å²) >= 11 is 0. The predicted molar refractivity (Wildman–Crippen MR) is 139 cm³/mol. The zero-order chi connectivity index (χ0) is 25.5. The molecule has 0 radical (unpaired) electrons. The van der Waals surface area contributed by atoms with Gasteiger partial charge in [0.25, 0.3) is 5.91 Å². The number of nitrogens with one attached hydrogen (secondary N) is 1. The average Bonchev–Trinajstić information content (AvgIpc) is 2.93. The van der Waals surface area contributed by atoms with Gasteiger partial charge in [-0.3, -0.25) is 4.79 Å². The van der Waals surface area contributed by atoms with Gasteiger partial charge in [0.15, 0.2) is 29.6 Å². The van der Waals surface area contributed by atoms with Crippen LogP contribution in [0.25, 0.3) is 10.8 Å². The molecule has 0 aliphatic rings. The second kappa shape index (κ2) is 11.4. The maximum atomic E-state index is 13.0. The Balaban J connectivity index is 1.59. The van der Waals surface area contributed by atoms with Gasteiger partial charge in [0.2, 0.25) is 0 Å². The first kappa shape index (κ1) is 24.7. The number of rotatable bonds is 10. The van der Waals surface area contributed by atoms with Gasteiger partial charge in [-0.25, -0.2) is 0 Å². The summed E-state index contributed by atoms with van der Waals surface area (Å²) in [6, 6.07) is 24.3. The van der Waals surface area contributed by atoms with E-state index in [0.717, 1.165) is 21.9 Å². The Bertz CT molecular complexity index is 1300. The molecule has 1 amide bonds. The molecule has 7 nitrogen and oxygen atoms in total. The summed E-state index contributed by atoms with van der Waals surface area (Å²) in [4.78, 5) is 13.0. The van der Waals surface area contributed by atoms with Crippen LogP contribution in [0, 0.1) is 0 Å². The number of benzene rings is 4. The molecule has 7 heteroatoms. The molecular weight excluding hydrogens is 458 g/mol. The second-order valence-electron chi connectivity index (χ2n) is 8.03. The van der Waals surface area contributed by atoms with Crippen molar-refractivity contribution in [3.05, 3.63) is 90.0 Å². The molecular formula is C29H29NO6. The number of ether oxygens (including phenoxy) is 5. The summed E-state index contributed by atoms with van der Waals surface area (Å²) in [5, 5.41) is 5.23. The lowest BCUT2D eigenvalue weighted by atomic mass is 9.97. The number of hydrogen-bond donors (Lipinski definition) is 1. The van der Waals surface area contributed by atoms with Crippen molar-refractivity contribution in [3.63, 3.8) is 0 Å². The normalized spacial score (nSPS) is 10.7. The third-order valence-electron chi connectivity index (χ3n) is 5.88. The van der Waals surface area contributed by atoms with Crippen molar-refractivity contribution >= 4 is 16.7 Å². The average molecular weight is 488 g/mol. The van der Waals surface area contributed by atoms with Gasteiger partial charge in [0, 0.05) is 0 Å². The largest absolute Gasteiger partial charge is 0.493 e. The van der Waals surface area contributed by atoms with Gasteiger partial charge in [-0.15, -0.1) is 0 Å². The fourth-order valence-electron chi connectivity index (χ4n) is 4.03. The highest BCUT2D eigenvalue weighted by atomic mass is 16.5. The highest BCUT2D eigenvalue weighted by Crippen LogP contribution is 2.35. The molecule has 186 valence electrons. The lowest BCUT2D eigenvalue weighted by molar-refractivity contribution is -0.123. The third kappa shape index (κ3) is 5.46. The van der Waals surface area contributed by atoms with E-state index in [1.54, 1.807) is 40.6 Å². The Hall–Kier alpha value is -4.39. The Kier molecular flexibility index (Phi) is 7.80. The molecule has 4 rings (SSSR count). The summed E-state index contributed by atoms with van der Waals surface area (Å²) < 4.78 is 27.5. The molecule has 0 heterocycles. The smallest absolute Gasteiger partial charge is 0.258 e. The number of carbonyl (C=O) groups is 1. The van der Waals surface area contributed by atoms with Gasteiger partial charge in [-0.2, -0.15) is 0 Å². The third-order valence-corrected chi connectivity index (χ3v) is 5.88. The molecule has 0 fully saturated rings. The van der Waals surface area contributed by atoms with Crippen LogP contribution in [0.4, 0.5) is 0 Å². The van der Waals surface area contributed by atoms with Crippen LogP contribution < -0.4 is 29.0 Å². The predicted octanol–water partition coefficient (Wildman–Crippen LogP) is 5.16. The summed E-state index contributed by atoms with van der Waals surface area (Å²) in [5.41, 5.74) is 1.61. The van der Waals surface area contributed by atoms with E-state index in [1.807, 2.05) is 66.7 Å². The molecule has 0 saturated heterocycles. The van der Waals surface area contributed by atoms with E-state index in [1.165, 1.54) is 0 Å². The topological polar surface area (TPSA) is 75.3 Å². The SMILES string of the molecule is COc1ccc(C(NC(=O)COc2ccc3ccccc3c2)c2ccc(OC)c(OC)c2)cc1OC. The van der Waals surface area contributed by atoms with Crippen molar-refractivity contribution < 1.29 is 28.5 Å². The van der Waals surface area contributed by atoms with Gasteiger partial charge in [-0.05, 0) is 58.3 Å². The van der Waals surface area contributed by atoms with Crippen LogP contribution in [-0.4, -0.2) is 41.0 Å². The summed E-state index contributed by atoms with van der Waals surface area (Å²) in [6.07, 6.45) is 0. The number of amides is 1. The molecule has 0 aliphatic carbocycles. The van der Waals surface area contributed by atoms with E-state index in [4.69, 9.17) is 23.7 Å². The van der Waals surface area contributed by atoms with E-state index < -0.39 is 6.04 Å². The summed E-state index contributed by atoms with van der Waals surface area (Å²) in [6.45, 7) is -0.143. The molecule has 36 heavy (non-hydrogen) atoms. The van der Waals surface area contributed by atoms with E-state index in [9.17, 15) is 4.79 Å². The van der Waals surface area contributed by atoms with Crippen molar-refractivity contribution in [3.8, 4) is 28.7 Å². The highest BCUT2D eigenvalue weighted by molar-refractivity contribution is 5.84. The first-order valence-corrected chi connectivity index (χ1v) is 11.4. The van der Waals surface area contributed by atoms with Gasteiger partial charge < -0.3 is 29.0 Å². The van der Waals surface area contributed by atoms with Crippen LogP contribution in [0.5, 0.6) is 28.7 Å². The first-order chi connectivity index (χ1) is 17.6. The summed E-state index contributed by atoms with van der Waals surface area (Å²) in [5.74, 6) is 2.65. The maximum absolute atomic E-state index is 13.0. The highest BCUT2D eigenvalue weighted by Gasteiger charge is 2.21. The quantitative estimate of drug-likeness (QED) is 0.333. The Labute approximate surface area is 210 Å². The number of hydrogen-bond acceptors (Lipinski definition) is 6. The molecule has 0 aromatic heterocycles. The molecule has 4 aromatic rings. The van der Waals surface area contributed by atoms with E-state index in [-0.39, 0.29) is 12.5 Å². The zero-order valence-corrected chi connectivity index (χ0v) is 20.7. The fraction of sp³-hybridized carbons (Fsp3) is 0.207. The lowest BCUT2D eigenvalue weighted by Gasteiger charge is -2.22. The van der Waals surface area contributed by atoms with E-state index in [2.05, 4.69) is 5.32 Å². The van der Waals surface area contributed by atoms with Gasteiger partial charge in [0.1, 0.15) is 5.75 Å². The molecule has 4 aromatic carbocycles. The summed E-state index contributed by atoms with van der Waals surface area (Å²) in [7, 11) is 6.30. The van der Waals surface area contributed by atoms with E-state index in [0.29, 0.717) is 28.7 Å². The fourth-order valence-corrected chi connectivity index (χ4v) is 4.03. The minimum atomic E-state index is -0.502. The van der Waals surface area contributed by atoms with Crippen LogP contribution in [-0.2, 0) is 4.79 Å². The van der Waals surface area contributed by atoms with Gasteiger partial charge in [-0.1, -0.05) is 42.5 Å². The van der Waals surface area contributed by atoms with Crippen molar-refractivity contribution in [2.24, 2.45) is 0 Å². The maximum Gasteiger partial charge on any atom is 0.258 e. The monoisotopic (exact) mass is 487 g/mol. The lowest BCUT2D eigenvalue weighted by Crippen LogP contribution is -2.33. The molecule has 1 N–H and O–H groups in total. The Morgan fingerprint density at radius 1 is 0.667 bits per heavy atom. The minimum Gasteiger partial charge on any atom is -0.493 e. The molecule has 0 atom stereocenters. The molecule has 0 aliphatic heterocycles. The van der Waals surface area contributed by atoms with Crippen LogP contribution >= 0.6 is 0 Å². The molecule has 0 bridgehead atoms. The first-order valence-electron chi connectivity index (χ1n) is 11.4. The van der Waals surface area contributed by atoms with E-state index >= 15 is 0 Å². The van der Waals surface area contributed by atoms with Crippen LogP contribution in [0.2, 0.25) is 0 Å². The van der Waals surface area contributed by atoms with Crippen LogP contribution in [0.15, 0.2) is 78.9 Å². The van der Waals surface area contributed by atoms with Crippen molar-refractivity contribution in [1.82, 2.24) is 5.32 Å². The van der Waals surface area contributed by atoms with Crippen molar-refractivity contribution in [1.29, 1.82) is 0 Å². The molecule has 0 spiro atoms. The Morgan fingerprint density at radius 3 is 1.78 bits per heavy atom. The van der Waals surface area contributed by atoms with Crippen LogP contribution in [0.3, 0.4) is 0 Å². The van der Waals surface area contributed by atoms with Crippen molar-refractivity contribution in [2.75, 3.05) is 35.0 Å². The zero-order valence-electron chi connectivity index (χ0n) is 20.7. The second-order valence-corrected chi connectivity index (χ2v) is 8.03. The van der Waals surface area contributed by atoms with Gasteiger partial charge in [0.05, 0.1) is 34.5 Å². The number of carbonyl (C=O) groups excluding carboxylic acids is 1. The standard InChI is InChI=1S/C29H29NO6/c1-32-24-13-10-21(16-26(24)34-3)29(22-11-14-25(33-2)27(17-22)35-4)30-28(31)18-36-23-12-9-19-7-5-6-8-20(19)15-23/h5-17,29H,18H2,1-4H3,(H,30,31). The van der Waals surface area contributed by atoms with Crippen LogP contribution in [0.1, 0.15) is 17.2 Å². The molecule has 0 unspecified atom stereocenters.